The van der Waals surface area contributed by atoms with Crippen LogP contribution in [-0.4, -0.2) is 17.0 Å². The predicted molar refractivity (Wildman–Crippen MR) is 87.1 cm³/mol. The van der Waals surface area contributed by atoms with E-state index in [1.54, 1.807) is 6.07 Å². The number of anilines is 1. The van der Waals surface area contributed by atoms with Crippen LogP contribution in [0.4, 0.5) is 18.9 Å². The number of nitrogens with one attached hydrogen (secondary N) is 1. The van der Waals surface area contributed by atoms with Crippen molar-refractivity contribution < 1.29 is 27.9 Å². The lowest BCUT2D eigenvalue weighted by atomic mass is 10.1. The number of carboxylic acid groups (broad SMARTS) is 1. The van der Waals surface area contributed by atoms with Crippen molar-refractivity contribution in [2.45, 2.75) is 6.18 Å². The summed E-state index contributed by atoms with van der Waals surface area (Å²) in [7, 11) is 0. The zero-order valence-electron chi connectivity index (χ0n) is 13.0. The molecule has 5 nitrogen and oxygen atoms in total. The molecule has 0 aromatic heterocycles. The molecule has 0 radical (unpaired) electrons. The Morgan fingerprint density at radius 1 is 1.12 bits per heavy atom. The Labute approximate surface area is 146 Å². The van der Waals surface area contributed by atoms with Gasteiger partial charge in [0, 0.05) is 5.69 Å². The lowest BCUT2D eigenvalue weighted by molar-refractivity contribution is -0.137. The Morgan fingerprint density at radius 3 is 2.31 bits per heavy atom. The van der Waals surface area contributed by atoms with E-state index in [0.717, 1.165) is 18.2 Å². The molecule has 2 aromatic carbocycles. The summed E-state index contributed by atoms with van der Waals surface area (Å²) in [5.41, 5.74) is -0.945. The summed E-state index contributed by atoms with van der Waals surface area (Å²) in [6, 6.07) is 11.1. The quantitative estimate of drug-likeness (QED) is 0.638. The summed E-state index contributed by atoms with van der Waals surface area (Å²) < 4.78 is 38.1. The van der Waals surface area contributed by atoms with Gasteiger partial charge in [0.2, 0.25) is 0 Å². The van der Waals surface area contributed by atoms with E-state index < -0.39 is 23.6 Å². The lowest BCUT2D eigenvalue weighted by Crippen LogP contribution is -2.14. The average Bonchev–Trinajstić information content (AvgIpc) is 2.59. The summed E-state index contributed by atoms with van der Waals surface area (Å²) in [6.07, 6.45) is -3.35. The maximum absolute atomic E-state index is 12.7. The second-order valence-electron chi connectivity index (χ2n) is 5.13. The summed E-state index contributed by atoms with van der Waals surface area (Å²) in [5, 5.41) is 20.2. The van der Waals surface area contributed by atoms with Crippen molar-refractivity contribution in [1.29, 1.82) is 5.26 Å². The molecule has 0 unspecified atom stereocenters. The lowest BCUT2D eigenvalue weighted by Gasteiger charge is -2.09. The maximum atomic E-state index is 12.7. The molecule has 1 amide bonds. The summed E-state index contributed by atoms with van der Waals surface area (Å²) >= 11 is 0. The second kappa shape index (κ2) is 7.53. The third kappa shape index (κ3) is 4.70. The van der Waals surface area contributed by atoms with Gasteiger partial charge in [0.1, 0.15) is 11.6 Å². The smallest absolute Gasteiger partial charge is 0.416 e. The maximum Gasteiger partial charge on any atom is 0.416 e. The molecule has 0 spiro atoms. The Bertz CT molecular complexity index is 911. The monoisotopic (exact) mass is 360 g/mol. The number of rotatable bonds is 4. The largest absolute Gasteiger partial charge is 0.478 e. The molecule has 0 aliphatic rings. The van der Waals surface area contributed by atoms with Gasteiger partial charge in [-0.2, -0.15) is 18.4 Å². The molecule has 0 aliphatic heterocycles. The van der Waals surface area contributed by atoms with Crippen LogP contribution in [0.15, 0.2) is 54.1 Å². The number of hydrogen-bond acceptors (Lipinski definition) is 3. The highest BCUT2D eigenvalue weighted by molar-refractivity contribution is 6.09. The molecule has 0 fully saturated rings. The van der Waals surface area contributed by atoms with Gasteiger partial charge in [-0.15, -0.1) is 0 Å². The van der Waals surface area contributed by atoms with Crippen LogP contribution in [0.25, 0.3) is 6.08 Å². The van der Waals surface area contributed by atoms with Crippen molar-refractivity contribution in [3.05, 3.63) is 70.8 Å². The third-order valence-electron chi connectivity index (χ3n) is 3.28. The molecule has 0 bridgehead atoms. The van der Waals surface area contributed by atoms with Crippen LogP contribution in [0.1, 0.15) is 21.5 Å². The highest BCUT2D eigenvalue weighted by Gasteiger charge is 2.30. The van der Waals surface area contributed by atoms with Crippen LogP contribution in [0, 0.1) is 11.3 Å². The predicted octanol–water partition coefficient (Wildman–Crippen LogP) is 3.95. The van der Waals surface area contributed by atoms with Crippen molar-refractivity contribution in [2.75, 3.05) is 5.32 Å². The molecule has 8 heteroatoms. The van der Waals surface area contributed by atoms with Crippen LogP contribution in [0.5, 0.6) is 0 Å². The molecule has 0 atom stereocenters. The molecule has 0 aliphatic carbocycles. The first-order valence-electron chi connectivity index (χ1n) is 7.14. The topological polar surface area (TPSA) is 90.2 Å². The van der Waals surface area contributed by atoms with Gasteiger partial charge >= 0.3 is 12.1 Å². The fourth-order valence-electron chi connectivity index (χ4n) is 2.01. The molecule has 132 valence electrons. The summed E-state index contributed by atoms with van der Waals surface area (Å²) in [6.45, 7) is 0. The van der Waals surface area contributed by atoms with Crippen LogP contribution in [0.3, 0.4) is 0 Å². The highest BCUT2D eigenvalue weighted by atomic mass is 19.4. The van der Waals surface area contributed by atoms with E-state index in [4.69, 9.17) is 10.4 Å². The summed E-state index contributed by atoms with van der Waals surface area (Å²) in [5.74, 6) is -2.00. The zero-order valence-corrected chi connectivity index (χ0v) is 13.0. The molecular weight excluding hydrogens is 349 g/mol. The number of alkyl halides is 3. The molecule has 2 N–H and O–H groups in total. The molecule has 0 saturated heterocycles. The van der Waals surface area contributed by atoms with Gasteiger partial charge in [0.05, 0.1) is 11.1 Å². The van der Waals surface area contributed by atoms with Crippen LogP contribution < -0.4 is 5.32 Å². The number of nitrogens with zero attached hydrogens (tertiary/aromatic N) is 1. The van der Waals surface area contributed by atoms with Gasteiger partial charge in [0.15, 0.2) is 0 Å². The van der Waals surface area contributed by atoms with Crippen molar-refractivity contribution in [3.63, 3.8) is 0 Å². The standard InChI is InChI=1S/C18H11F3N2O3/c19-18(20,21)14-2-1-3-15(9-14)23-16(24)13(10-22)8-11-4-6-12(7-5-11)17(25)26/h1-9H,(H,23,24)(H,25,26)/b13-8+. The normalized spacial score (nSPS) is 11.5. The number of hydrogen-bond donors (Lipinski definition) is 2. The van der Waals surface area contributed by atoms with Crippen molar-refractivity contribution >= 4 is 23.6 Å². The minimum absolute atomic E-state index is 0.0362. The van der Waals surface area contributed by atoms with E-state index in [0.29, 0.717) is 5.56 Å². The molecule has 0 heterocycles. The fraction of sp³-hybridized carbons (Fsp3) is 0.0556. The number of amides is 1. The van der Waals surface area contributed by atoms with E-state index >= 15 is 0 Å². The fourth-order valence-corrected chi connectivity index (χ4v) is 2.01. The molecule has 0 saturated carbocycles. The number of carbonyl (C=O) groups excluding carboxylic acids is 1. The average molecular weight is 360 g/mol. The first kappa shape index (κ1) is 18.7. The second-order valence-corrected chi connectivity index (χ2v) is 5.13. The number of halogens is 3. The minimum Gasteiger partial charge on any atom is -0.478 e. The van der Waals surface area contributed by atoms with E-state index in [1.165, 1.54) is 36.4 Å². The molecule has 26 heavy (non-hydrogen) atoms. The first-order valence-corrected chi connectivity index (χ1v) is 7.14. The van der Waals surface area contributed by atoms with Gasteiger partial charge in [-0.1, -0.05) is 18.2 Å². The SMILES string of the molecule is N#C/C(=C\c1ccc(C(=O)O)cc1)C(=O)Nc1cccc(C(F)(F)F)c1. The Hall–Kier alpha value is -3.60. The molecular formula is C18H11F3N2O3. The van der Waals surface area contributed by atoms with E-state index in [2.05, 4.69) is 5.32 Å². The van der Waals surface area contributed by atoms with Gasteiger partial charge in [-0.3, -0.25) is 4.79 Å². The van der Waals surface area contributed by atoms with Gasteiger partial charge in [-0.25, -0.2) is 4.79 Å². The van der Waals surface area contributed by atoms with Crippen LogP contribution >= 0.6 is 0 Å². The van der Waals surface area contributed by atoms with E-state index in [-0.39, 0.29) is 16.8 Å². The Kier molecular flexibility index (Phi) is 5.42. The Balaban J connectivity index is 2.21. The number of nitriles is 1. The highest BCUT2D eigenvalue weighted by Crippen LogP contribution is 2.30. The minimum atomic E-state index is -4.56. The van der Waals surface area contributed by atoms with Crippen molar-refractivity contribution in [1.82, 2.24) is 0 Å². The van der Waals surface area contributed by atoms with Gasteiger partial charge in [-0.05, 0) is 42.0 Å². The number of benzene rings is 2. The summed E-state index contributed by atoms with van der Waals surface area (Å²) in [4.78, 5) is 22.9. The number of carbonyl (C=O) groups is 2. The van der Waals surface area contributed by atoms with Crippen molar-refractivity contribution in [2.24, 2.45) is 0 Å². The molecule has 2 rings (SSSR count). The van der Waals surface area contributed by atoms with Crippen molar-refractivity contribution in [3.8, 4) is 6.07 Å². The number of carboxylic acids is 1. The van der Waals surface area contributed by atoms with Crippen LogP contribution in [-0.2, 0) is 11.0 Å². The Morgan fingerprint density at radius 2 is 1.77 bits per heavy atom. The first-order chi connectivity index (χ1) is 12.2. The number of aromatic carboxylic acids is 1. The molecule has 2 aromatic rings. The van der Waals surface area contributed by atoms with E-state index in [9.17, 15) is 22.8 Å². The third-order valence-corrected chi connectivity index (χ3v) is 3.28. The van der Waals surface area contributed by atoms with Crippen LogP contribution in [0.2, 0.25) is 0 Å². The van der Waals surface area contributed by atoms with Gasteiger partial charge in [0.25, 0.3) is 5.91 Å². The van der Waals surface area contributed by atoms with E-state index in [1.807, 2.05) is 0 Å². The van der Waals surface area contributed by atoms with Gasteiger partial charge < -0.3 is 10.4 Å². The zero-order chi connectivity index (χ0) is 19.3.